The van der Waals surface area contributed by atoms with Crippen molar-refractivity contribution in [1.82, 2.24) is 10.2 Å². The molecule has 2 aliphatic rings. The van der Waals surface area contributed by atoms with E-state index in [9.17, 15) is 0 Å². The van der Waals surface area contributed by atoms with Crippen LogP contribution in [0.5, 0.6) is 0 Å². The Morgan fingerprint density at radius 3 is 2.76 bits per heavy atom. The number of aryl methyl sites for hydroxylation is 1. The molecule has 1 aromatic rings. The average Bonchev–Trinajstić information content (AvgIpc) is 2.50. The third-order valence-electron chi connectivity index (χ3n) is 5.42. The van der Waals surface area contributed by atoms with E-state index in [2.05, 4.69) is 48.3 Å². The van der Waals surface area contributed by atoms with Gasteiger partial charge < -0.3 is 5.32 Å². The first kappa shape index (κ1) is 15.1. The number of rotatable bonds is 3. The van der Waals surface area contributed by atoms with Crippen molar-refractivity contribution >= 4 is 0 Å². The molecule has 3 rings (SSSR count). The highest BCUT2D eigenvalue weighted by Crippen LogP contribution is 2.28. The van der Waals surface area contributed by atoms with Gasteiger partial charge in [-0.2, -0.15) is 0 Å². The lowest BCUT2D eigenvalue weighted by atomic mass is 9.82. The summed E-state index contributed by atoms with van der Waals surface area (Å²) in [4.78, 5) is 2.69. The average molecular weight is 286 g/mol. The standard InChI is InChI=1S/C19H30N2/c1-15-7-6-8-17(11-15)13-21-14-19(20-12-16(21)2)18-9-4-3-5-10-18/h6-8,11,16,18-20H,3-5,9-10,12-14H2,1-2H3. The zero-order chi connectivity index (χ0) is 14.7. The molecule has 21 heavy (non-hydrogen) atoms. The van der Waals surface area contributed by atoms with E-state index in [1.54, 1.807) is 0 Å². The minimum absolute atomic E-state index is 0.644. The zero-order valence-corrected chi connectivity index (χ0v) is 13.6. The number of piperazine rings is 1. The molecule has 1 aliphatic heterocycles. The van der Waals surface area contributed by atoms with Crippen LogP contribution in [-0.4, -0.2) is 30.1 Å². The molecule has 0 aromatic heterocycles. The van der Waals surface area contributed by atoms with Crippen molar-refractivity contribution in [3.63, 3.8) is 0 Å². The second-order valence-corrected chi connectivity index (χ2v) is 7.18. The van der Waals surface area contributed by atoms with Gasteiger partial charge in [0.05, 0.1) is 0 Å². The van der Waals surface area contributed by atoms with Gasteiger partial charge in [0, 0.05) is 31.7 Å². The van der Waals surface area contributed by atoms with Crippen molar-refractivity contribution in [2.24, 2.45) is 5.92 Å². The zero-order valence-electron chi connectivity index (χ0n) is 13.6. The van der Waals surface area contributed by atoms with Crippen LogP contribution in [0, 0.1) is 12.8 Å². The molecule has 0 amide bonds. The maximum absolute atomic E-state index is 3.82. The third kappa shape index (κ3) is 3.87. The molecule has 0 spiro atoms. The van der Waals surface area contributed by atoms with Gasteiger partial charge in [-0.25, -0.2) is 0 Å². The van der Waals surface area contributed by atoms with E-state index in [0.717, 1.165) is 19.0 Å². The van der Waals surface area contributed by atoms with Crippen LogP contribution in [0.4, 0.5) is 0 Å². The Morgan fingerprint density at radius 2 is 2.00 bits per heavy atom. The van der Waals surface area contributed by atoms with Gasteiger partial charge in [-0.1, -0.05) is 49.1 Å². The summed E-state index contributed by atoms with van der Waals surface area (Å²) in [6, 6.07) is 10.4. The van der Waals surface area contributed by atoms with Crippen LogP contribution in [0.15, 0.2) is 24.3 Å². The Balaban J connectivity index is 1.63. The van der Waals surface area contributed by atoms with E-state index >= 15 is 0 Å². The highest BCUT2D eigenvalue weighted by Gasteiger charge is 2.30. The topological polar surface area (TPSA) is 15.3 Å². The predicted octanol–water partition coefficient (Wildman–Crippen LogP) is 3.74. The Labute approximate surface area is 129 Å². The van der Waals surface area contributed by atoms with Crippen molar-refractivity contribution in [2.75, 3.05) is 13.1 Å². The number of benzene rings is 1. The van der Waals surface area contributed by atoms with E-state index in [-0.39, 0.29) is 0 Å². The third-order valence-corrected chi connectivity index (χ3v) is 5.42. The monoisotopic (exact) mass is 286 g/mol. The molecule has 2 atom stereocenters. The lowest BCUT2D eigenvalue weighted by molar-refractivity contribution is 0.0981. The van der Waals surface area contributed by atoms with Crippen LogP contribution in [0.1, 0.15) is 50.2 Å². The van der Waals surface area contributed by atoms with E-state index < -0.39 is 0 Å². The lowest BCUT2D eigenvalue weighted by Crippen LogP contribution is -2.57. The van der Waals surface area contributed by atoms with Gasteiger partial charge in [0.2, 0.25) is 0 Å². The predicted molar refractivity (Wildman–Crippen MR) is 89.4 cm³/mol. The lowest BCUT2D eigenvalue weighted by Gasteiger charge is -2.43. The van der Waals surface area contributed by atoms with Crippen molar-refractivity contribution < 1.29 is 0 Å². The molecule has 1 saturated heterocycles. The van der Waals surface area contributed by atoms with E-state index in [1.807, 2.05) is 0 Å². The van der Waals surface area contributed by atoms with Gasteiger partial charge in [-0.15, -0.1) is 0 Å². The van der Waals surface area contributed by atoms with Gasteiger partial charge in [0.25, 0.3) is 0 Å². The van der Waals surface area contributed by atoms with Crippen LogP contribution in [0.3, 0.4) is 0 Å². The molecule has 1 saturated carbocycles. The maximum atomic E-state index is 3.82. The smallest absolute Gasteiger partial charge is 0.0237 e. The minimum atomic E-state index is 0.644. The van der Waals surface area contributed by atoms with Crippen LogP contribution in [0.25, 0.3) is 0 Å². The van der Waals surface area contributed by atoms with Crippen molar-refractivity contribution in [1.29, 1.82) is 0 Å². The molecule has 2 heteroatoms. The number of nitrogens with one attached hydrogen (secondary N) is 1. The molecule has 2 nitrogen and oxygen atoms in total. The first-order valence-corrected chi connectivity index (χ1v) is 8.75. The highest BCUT2D eigenvalue weighted by molar-refractivity contribution is 5.22. The number of hydrogen-bond acceptors (Lipinski definition) is 2. The first-order valence-electron chi connectivity index (χ1n) is 8.75. The van der Waals surface area contributed by atoms with Crippen LogP contribution in [-0.2, 0) is 6.54 Å². The molecule has 2 unspecified atom stereocenters. The Kier molecular flexibility index (Phi) is 4.97. The summed E-state index contributed by atoms with van der Waals surface area (Å²) in [5.74, 6) is 0.909. The van der Waals surface area contributed by atoms with E-state index in [0.29, 0.717) is 12.1 Å². The van der Waals surface area contributed by atoms with Crippen LogP contribution < -0.4 is 5.32 Å². The second kappa shape index (κ2) is 6.93. The molecular weight excluding hydrogens is 256 g/mol. The fourth-order valence-corrected chi connectivity index (χ4v) is 4.07. The summed E-state index contributed by atoms with van der Waals surface area (Å²) in [6.07, 6.45) is 7.20. The minimum Gasteiger partial charge on any atom is -0.311 e. The molecule has 1 aliphatic carbocycles. The summed E-state index contributed by atoms with van der Waals surface area (Å²) in [7, 11) is 0. The number of nitrogens with zero attached hydrogens (tertiary/aromatic N) is 1. The van der Waals surface area contributed by atoms with Gasteiger partial charge >= 0.3 is 0 Å². The normalized spacial score (nSPS) is 28.7. The molecule has 2 fully saturated rings. The summed E-state index contributed by atoms with van der Waals surface area (Å²) in [6.45, 7) is 8.02. The number of hydrogen-bond donors (Lipinski definition) is 1. The van der Waals surface area contributed by atoms with Gasteiger partial charge in [-0.05, 0) is 38.2 Å². The largest absolute Gasteiger partial charge is 0.311 e. The van der Waals surface area contributed by atoms with Gasteiger partial charge in [0.15, 0.2) is 0 Å². The summed E-state index contributed by atoms with van der Waals surface area (Å²) in [5.41, 5.74) is 2.84. The molecule has 1 heterocycles. The summed E-state index contributed by atoms with van der Waals surface area (Å²) < 4.78 is 0. The van der Waals surface area contributed by atoms with Crippen LogP contribution in [0.2, 0.25) is 0 Å². The second-order valence-electron chi connectivity index (χ2n) is 7.18. The Morgan fingerprint density at radius 1 is 1.19 bits per heavy atom. The molecule has 1 aromatic carbocycles. The fraction of sp³-hybridized carbons (Fsp3) is 0.684. The van der Waals surface area contributed by atoms with Crippen molar-refractivity contribution in [3.05, 3.63) is 35.4 Å². The van der Waals surface area contributed by atoms with Gasteiger partial charge in [-0.3, -0.25) is 4.90 Å². The quantitative estimate of drug-likeness (QED) is 0.910. The van der Waals surface area contributed by atoms with E-state index in [4.69, 9.17) is 0 Å². The molecule has 0 radical (unpaired) electrons. The van der Waals surface area contributed by atoms with Crippen molar-refractivity contribution in [3.8, 4) is 0 Å². The first-order chi connectivity index (χ1) is 10.2. The fourth-order valence-electron chi connectivity index (χ4n) is 4.07. The molecule has 116 valence electrons. The van der Waals surface area contributed by atoms with Crippen molar-refractivity contribution in [2.45, 2.75) is 64.6 Å². The van der Waals surface area contributed by atoms with Gasteiger partial charge in [0.1, 0.15) is 0 Å². The Bertz CT molecular complexity index is 451. The summed E-state index contributed by atoms with van der Waals surface area (Å²) in [5, 5.41) is 3.82. The summed E-state index contributed by atoms with van der Waals surface area (Å²) >= 11 is 0. The SMILES string of the molecule is Cc1cccc(CN2CC(C3CCCCC3)NCC2C)c1. The maximum Gasteiger partial charge on any atom is 0.0237 e. The molecule has 1 N–H and O–H groups in total. The molecule has 0 bridgehead atoms. The highest BCUT2D eigenvalue weighted by atomic mass is 15.2. The molecular formula is C19H30N2. The van der Waals surface area contributed by atoms with Crippen LogP contribution >= 0.6 is 0 Å². The van der Waals surface area contributed by atoms with E-state index in [1.165, 1.54) is 49.8 Å². The Hall–Kier alpha value is -0.860.